The van der Waals surface area contributed by atoms with Crippen molar-refractivity contribution in [2.24, 2.45) is 0 Å². The number of halogens is 1. The van der Waals surface area contributed by atoms with Crippen LogP contribution in [0.15, 0.2) is 34.9 Å². The Labute approximate surface area is 155 Å². The van der Waals surface area contributed by atoms with Gasteiger partial charge in [-0.1, -0.05) is 17.3 Å². The predicted octanol–water partition coefficient (Wildman–Crippen LogP) is 2.54. The number of hydrogen-bond donors (Lipinski definition) is 1. The van der Waals surface area contributed by atoms with Crippen molar-refractivity contribution in [1.82, 2.24) is 20.4 Å². The van der Waals surface area contributed by atoms with Gasteiger partial charge in [-0.3, -0.25) is 9.59 Å². The lowest BCUT2D eigenvalue weighted by atomic mass is 10.0. The second-order valence-corrected chi connectivity index (χ2v) is 6.41. The fourth-order valence-electron chi connectivity index (χ4n) is 2.80. The molecule has 2 amide bonds. The zero-order valence-electron chi connectivity index (χ0n) is 15.4. The van der Waals surface area contributed by atoms with E-state index in [0.29, 0.717) is 11.1 Å². The van der Waals surface area contributed by atoms with Gasteiger partial charge in [0.15, 0.2) is 0 Å². The summed E-state index contributed by atoms with van der Waals surface area (Å²) in [5, 5.41) is 6.94. The van der Waals surface area contributed by atoms with E-state index in [2.05, 4.69) is 15.5 Å². The van der Waals surface area contributed by atoms with Crippen molar-refractivity contribution in [3.05, 3.63) is 47.4 Å². The zero-order chi connectivity index (χ0) is 19.7. The second kappa shape index (κ2) is 7.14. The molecule has 0 saturated heterocycles. The van der Waals surface area contributed by atoms with E-state index in [1.165, 1.54) is 17.0 Å². The Bertz CT molecular complexity index is 1030. The van der Waals surface area contributed by atoms with E-state index in [-0.39, 0.29) is 28.4 Å². The summed E-state index contributed by atoms with van der Waals surface area (Å²) in [6.45, 7) is 3.28. The van der Waals surface area contributed by atoms with Gasteiger partial charge in [-0.15, -0.1) is 0 Å². The van der Waals surface area contributed by atoms with Gasteiger partial charge >= 0.3 is 0 Å². The third-order valence-corrected chi connectivity index (χ3v) is 4.17. The number of carbonyl (C=O) groups excluding carboxylic acids is 2. The van der Waals surface area contributed by atoms with Crippen LogP contribution in [0.5, 0.6) is 0 Å². The molecule has 0 aliphatic carbocycles. The molecule has 2 heterocycles. The molecule has 8 heteroatoms. The summed E-state index contributed by atoms with van der Waals surface area (Å²) >= 11 is 0. The zero-order valence-corrected chi connectivity index (χ0v) is 15.4. The molecule has 0 saturated carbocycles. The molecule has 1 N–H and O–H groups in total. The molecule has 0 aliphatic rings. The fraction of sp³-hybridized carbons (Fsp3) is 0.263. The highest BCUT2D eigenvalue weighted by molar-refractivity contribution is 6.08. The topological polar surface area (TPSA) is 88.3 Å². The number of fused-ring (bicyclic) bond motifs is 1. The van der Waals surface area contributed by atoms with Gasteiger partial charge in [0.05, 0.1) is 22.3 Å². The van der Waals surface area contributed by atoms with E-state index >= 15 is 0 Å². The molecule has 1 atom stereocenters. The maximum atomic E-state index is 14.2. The Morgan fingerprint density at radius 2 is 1.96 bits per heavy atom. The molecule has 0 bridgehead atoms. The van der Waals surface area contributed by atoms with Crippen molar-refractivity contribution in [3.8, 4) is 11.3 Å². The normalized spacial score (nSPS) is 12.0. The minimum Gasteiger partial charge on any atom is -0.347 e. The van der Waals surface area contributed by atoms with Gasteiger partial charge in [-0.25, -0.2) is 9.37 Å². The molecular formula is C19H19FN4O3. The Kier molecular flexibility index (Phi) is 4.89. The van der Waals surface area contributed by atoms with Crippen LogP contribution in [0.2, 0.25) is 0 Å². The summed E-state index contributed by atoms with van der Waals surface area (Å²) in [4.78, 5) is 30.6. The average Bonchev–Trinajstić information content (AvgIpc) is 3.01. The number of nitrogens with zero attached hydrogens (tertiary/aromatic N) is 3. The Morgan fingerprint density at radius 1 is 1.26 bits per heavy atom. The van der Waals surface area contributed by atoms with Crippen molar-refractivity contribution in [2.75, 3.05) is 14.1 Å². The number of likely N-dealkylation sites (N-methyl/N-ethyl adjacent to an activating group) is 1. The molecule has 3 rings (SSSR count). The molecule has 140 valence electrons. The van der Waals surface area contributed by atoms with Gasteiger partial charge in [0, 0.05) is 19.7 Å². The number of amides is 2. The van der Waals surface area contributed by atoms with E-state index in [4.69, 9.17) is 4.52 Å². The van der Waals surface area contributed by atoms with Gasteiger partial charge in [-0.2, -0.15) is 0 Å². The molecule has 0 radical (unpaired) electrons. The van der Waals surface area contributed by atoms with E-state index in [1.54, 1.807) is 46.1 Å². The van der Waals surface area contributed by atoms with Crippen molar-refractivity contribution in [1.29, 1.82) is 0 Å². The highest BCUT2D eigenvalue weighted by Crippen LogP contribution is 2.28. The third kappa shape index (κ3) is 3.51. The summed E-state index contributed by atoms with van der Waals surface area (Å²) in [5.74, 6) is -1.21. The summed E-state index contributed by atoms with van der Waals surface area (Å²) in [6, 6.07) is 6.86. The highest BCUT2D eigenvalue weighted by Gasteiger charge is 2.23. The first-order chi connectivity index (χ1) is 12.8. The molecule has 0 aliphatic heterocycles. The number of hydrogen-bond acceptors (Lipinski definition) is 5. The minimum atomic E-state index is -0.729. The van der Waals surface area contributed by atoms with Gasteiger partial charge in [0.2, 0.25) is 5.91 Å². The monoisotopic (exact) mass is 370 g/mol. The van der Waals surface area contributed by atoms with Gasteiger partial charge in [0.25, 0.3) is 11.6 Å². The number of carbonyl (C=O) groups is 2. The van der Waals surface area contributed by atoms with E-state index in [9.17, 15) is 14.0 Å². The van der Waals surface area contributed by atoms with Crippen LogP contribution < -0.4 is 5.32 Å². The lowest BCUT2D eigenvalue weighted by Gasteiger charge is -2.18. The number of nitrogens with one attached hydrogen (secondary N) is 1. The van der Waals surface area contributed by atoms with Gasteiger partial charge in [-0.05, 0) is 32.0 Å². The Hall–Kier alpha value is -3.29. The number of benzene rings is 1. The van der Waals surface area contributed by atoms with E-state index in [0.717, 1.165) is 0 Å². The molecule has 2 aromatic heterocycles. The molecule has 1 unspecified atom stereocenters. The third-order valence-electron chi connectivity index (χ3n) is 4.17. The SMILES string of the molecule is Cc1noc2nc(-c3ccccc3F)cc(C(=O)NC(C)C(=O)N(C)C)c12. The van der Waals surface area contributed by atoms with Crippen LogP contribution in [0.25, 0.3) is 22.4 Å². The smallest absolute Gasteiger partial charge is 0.259 e. The molecule has 1 aromatic carbocycles. The first-order valence-corrected chi connectivity index (χ1v) is 8.33. The van der Waals surface area contributed by atoms with Gasteiger partial charge < -0.3 is 14.7 Å². The first kappa shape index (κ1) is 18.5. The van der Waals surface area contributed by atoms with Crippen LogP contribution >= 0.6 is 0 Å². The van der Waals surface area contributed by atoms with Crippen molar-refractivity contribution in [3.63, 3.8) is 0 Å². The van der Waals surface area contributed by atoms with Crippen LogP contribution in [-0.4, -0.2) is 47.0 Å². The van der Waals surface area contributed by atoms with Crippen LogP contribution in [0.4, 0.5) is 4.39 Å². The van der Waals surface area contributed by atoms with Crippen LogP contribution in [0, 0.1) is 12.7 Å². The molecule has 0 fully saturated rings. The van der Waals surface area contributed by atoms with Crippen molar-refractivity contribution < 1.29 is 18.5 Å². The minimum absolute atomic E-state index is 0.130. The maximum Gasteiger partial charge on any atom is 0.259 e. The van der Waals surface area contributed by atoms with Gasteiger partial charge in [0.1, 0.15) is 11.9 Å². The van der Waals surface area contributed by atoms with Crippen LogP contribution in [0.3, 0.4) is 0 Å². The number of aryl methyl sites for hydroxylation is 1. The van der Waals surface area contributed by atoms with Crippen LogP contribution in [-0.2, 0) is 4.79 Å². The summed E-state index contributed by atoms with van der Waals surface area (Å²) in [5.41, 5.74) is 1.31. The molecule has 7 nitrogen and oxygen atoms in total. The van der Waals surface area contributed by atoms with E-state index < -0.39 is 17.8 Å². The highest BCUT2D eigenvalue weighted by atomic mass is 19.1. The van der Waals surface area contributed by atoms with E-state index in [1.807, 2.05) is 0 Å². The lowest BCUT2D eigenvalue weighted by Crippen LogP contribution is -2.44. The lowest BCUT2D eigenvalue weighted by molar-refractivity contribution is -0.130. The fourth-order valence-corrected chi connectivity index (χ4v) is 2.80. The second-order valence-electron chi connectivity index (χ2n) is 6.41. The summed E-state index contributed by atoms with van der Waals surface area (Å²) in [6.07, 6.45) is 0. The average molecular weight is 370 g/mol. The Balaban J connectivity index is 2.08. The molecule has 0 spiro atoms. The van der Waals surface area contributed by atoms with Crippen LogP contribution in [0.1, 0.15) is 23.0 Å². The largest absolute Gasteiger partial charge is 0.347 e. The molecule has 3 aromatic rings. The van der Waals surface area contributed by atoms with Crippen molar-refractivity contribution >= 4 is 22.9 Å². The summed E-state index contributed by atoms with van der Waals surface area (Å²) in [7, 11) is 3.21. The standard InChI is InChI=1S/C19H19FN4O3/c1-10-16-13(17(25)21-11(2)19(26)24(3)4)9-15(22-18(16)27-23-10)12-7-5-6-8-14(12)20/h5-9,11H,1-4H3,(H,21,25). The quantitative estimate of drug-likeness (QED) is 0.762. The number of rotatable bonds is 4. The number of pyridine rings is 1. The molecule has 27 heavy (non-hydrogen) atoms. The van der Waals surface area contributed by atoms with Crippen molar-refractivity contribution in [2.45, 2.75) is 19.9 Å². The summed E-state index contributed by atoms with van der Waals surface area (Å²) < 4.78 is 19.4. The number of aromatic nitrogens is 2. The predicted molar refractivity (Wildman–Crippen MR) is 97.6 cm³/mol. The molecular weight excluding hydrogens is 351 g/mol. The first-order valence-electron chi connectivity index (χ1n) is 8.33. The Morgan fingerprint density at radius 3 is 2.63 bits per heavy atom. The maximum absolute atomic E-state index is 14.2.